The van der Waals surface area contributed by atoms with E-state index in [0.717, 1.165) is 17.4 Å². The Morgan fingerprint density at radius 2 is 1.76 bits per heavy atom. The fourth-order valence-electron chi connectivity index (χ4n) is 4.18. The Labute approximate surface area is 229 Å². The second-order valence-electron chi connectivity index (χ2n) is 9.57. The summed E-state index contributed by atoms with van der Waals surface area (Å²) in [6.45, 7) is 1.34. The summed E-state index contributed by atoms with van der Waals surface area (Å²) in [5.41, 5.74) is -0.508. The lowest BCUT2D eigenvalue weighted by molar-refractivity contribution is -0.135. The van der Waals surface area contributed by atoms with Crippen molar-refractivity contribution in [3.05, 3.63) is 59.0 Å². The molecule has 1 aliphatic heterocycles. The molecule has 0 aliphatic carbocycles. The fraction of sp³-hybridized carbons (Fsp3) is 0.423. The maximum atomic E-state index is 15.6. The molecule has 1 amide bonds. The highest BCUT2D eigenvalue weighted by atomic mass is 35.5. The Balaban J connectivity index is 1.84. The van der Waals surface area contributed by atoms with Crippen LogP contribution in [0.25, 0.3) is 11.1 Å². The normalized spacial score (nSPS) is 17.3. The third-order valence-corrected chi connectivity index (χ3v) is 9.44. The van der Waals surface area contributed by atoms with Gasteiger partial charge in [0.1, 0.15) is 0 Å². The van der Waals surface area contributed by atoms with Gasteiger partial charge >= 0.3 is 0 Å². The Bertz CT molecular complexity index is 1420. The van der Waals surface area contributed by atoms with E-state index in [0.29, 0.717) is 22.6 Å². The topological polar surface area (TPSA) is 104 Å². The molecule has 0 saturated carbocycles. The van der Waals surface area contributed by atoms with Crippen molar-refractivity contribution in [2.24, 2.45) is 0 Å². The average Bonchev–Trinajstić information content (AvgIpc) is 2.86. The van der Waals surface area contributed by atoms with Crippen molar-refractivity contribution < 1.29 is 26.0 Å². The molecule has 0 bridgehead atoms. The lowest BCUT2D eigenvalue weighted by Gasteiger charge is -2.35. The van der Waals surface area contributed by atoms with Gasteiger partial charge in [-0.1, -0.05) is 42.8 Å². The first-order valence-corrected chi connectivity index (χ1v) is 15.9. The smallest absolute Gasteiger partial charge is 0.258 e. The highest BCUT2D eigenvalue weighted by Gasteiger charge is 2.45. The van der Waals surface area contributed by atoms with Gasteiger partial charge in [0.15, 0.2) is 15.5 Å². The molecule has 2 aromatic carbocycles. The molecule has 0 spiro atoms. The zero-order valence-corrected chi connectivity index (χ0v) is 24.2. The summed E-state index contributed by atoms with van der Waals surface area (Å²) < 4.78 is 67.1. The number of halogens is 2. The molecule has 12 heteroatoms. The Morgan fingerprint density at radius 3 is 2.32 bits per heavy atom. The highest BCUT2D eigenvalue weighted by molar-refractivity contribution is 7.93. The van der Waals surface area contributed by atoms with E-state index < -0.39 is 37.5 Å². The van der Waals surface area contributed by atoms with Crippen molar-refractivity contribution in [1.29, 1.82) is 0 Å². The number of anilines is 1. The largest absolute Gasteiger partial charge is 0.378 e. The average molecular weight is 586 g/mol. The third-order valence-electron chi connectivity index (χ3n) is 6.50. The third kappa shape index (κ3) is 6.93. The van der Waals surface area contributed by atoms with Crippen LogP contribution in [-0.4, -0.2) is 72.2 Å². The molecule has 0 aromatic heterocycles. The number of nitrogens with one attached hydrogen (secondary N) is 1. The van der Waals surface area contributed by atoms with E-state index in [4.69, 9.17) is 11.6 Å². The molecular weight excluding hydrogens is 553 g/mol. The molecule has 1 saturated heterocycles. The number of amides is 1. The standard InChI is InChI=1S/C26H33ClFN3O5S2/c1-5-19(12-17-37(4,33)34)29-25(32)26(28)13-15-31(16-14-26)38(35,36)24-11-10-20(30(2)3)18-22(24)21-8-6-7-9-23(21)27/h6-12,17-19H,5,13-16H2,1-4H3,(H,29,32)/b17-12-/t19-/m1/s1. The van der Waals surface area contributed by atoms with Crippen LogP contribution in [0, 0.1) is 0 Å². The van der Waals surface area contributed by atoms with Gasteiger partial charge in [-0.2, -0.15) is 4.31 Å². The SMILES string of the molecule is CC[C@H](/C=C\S(C)(=O)=O)NC(=O)C1(F)CCN(S(=O)(=O)c2ccc(N(C)C)cc2-c2ccccc2Cl)CC1. The van der Waals surface area contributed by atoms with Gasteiger partial charge in [0.05, 0.1) is 4.90 Å². The van der Waals surface area contributed by atoms with Crippen molar-refractivity contribution in [3.8, 4) is 11.1 Å². The Hall–Kier alpha value is -2.47. The Morgan fingerprint density at radius 1 is 1.13 bits per heavy atom. The first-order chi connectivity index (χ1) is 17.7. The second kappa shape index (κ2) is 11.7. The van der Waals surface area contributed by atoms with Crippen molar-refractivity contribution in [3.63, 3.8) is 0 Å². The molecule has 208 valence electrons. The van der Waals surface area contributed by atoms with Gasteiger partial charge in [0.25, 0.3) is 5.91 Å². The predicted octanol–water partition coefficient (Wildman–Crippen LogP) is 4.02. The Kier molecular flexibility index (Phi) is 9.28. The number of sulfone groups is 1. The van der Waals surface area contributed by atoms with Crippen LogP contribution in [0.5, 0.6) is 0 Å². The molecule has 1 fully saturated rings. The van der Waals surface area contributed by atoms with Gasteiger partial charge in [-0.25, -0.2) is 21.2 Å². The zero-order chi connectivity index (χ0) is 28.3. The van der Waals surface area contributed by atoms with Crippen LogP contribution in [0.4, 0.5) is 10.1 Å². The number of sulfonamides is 1. The van der Waals surface area contributed by atoms with E-state index in [2.05, 4.69) is 5.32 Å². The van der Waals surface area contributed by atoms with Gasteiger partial charge < -0.3 is 10.2 Å². The number of benzene rings is 2. The first-order valence-electron chi connectivity index (χ1n) is 12.1. The minimum Gasteiger partial charge on any atom is -0.378 e. The number of hydrogen-bond acceptors (Lipinski definition) is 6. The summed E-state index contributed by atoms with van der Waals surface area (Å²) in [6.07, 6.45) is 2.03. The molecule has 0 unspecified atom stereocenters. The lowest BCUT2D eigenvalue weighted by Crippen LogP contribution is -2.53. The number of piperidine rings is 1. The number of rotatable bonds is 9. The zero-order valence-electron chi connectivity index (χ0n) is 21.8. The van der Waals surface area contributed by atoms with E-state index in [-0.39, 0.29) is 30.8 Å². The van der Waals surface area contributed by atoms with Crippen LogP contribution in [0.2, 0.25) is 5.02 Å². The van der Waals surface area contributed by atoms with Crippen LogP contribution in [0.1, 0.15) is 26.2 Å². The molecule has 2 aromatic rings. The second-order valence-corrected chi connectivity index (χ2v) is 13.8. The van der Waals surface area contributed by atoms with E-state index in [9.17, 15) is 21.6 Å². The molecule has 38 heavy (non-hydrogen) atoms. The number of nitrogens with zero attached hydrogens (tertiary/aromatic N) is 2. The maximum absolute atomic E-state index is 15.6. The number of hydrogen-bond donors (Lipinski definition) is 1. The van der Waals surface area contributed by atoms with Crippen molar-refractivity contribution in [1.82, 2.24) is 9.62 Å². The number of alkyl halides is 1. The summed E-state index contributed by atoms with van der Waals surface area (Å²) in [5, 5.41) is 3.90. The summed E-state index contributed by atoms with van der Waals surface area (Å²) in [5.74, 6) is -0.883. The summed E-state index contributed by atoms with van der Waals surface area (Å²) in [7, 11) is -3.76. The van der Waals surface area contributed by atoms with Gasteiger partial charge in [0.2, 0.25) is 10.0 Å². The van der Waals surface area contributed by atoms with E-state index in [1.54, 1.807) is 43.3 Å². The van der Waals surface area contributed by atoms with Gasteiger partial charge in [-0.05, 0) is 30.7 Å². The monoisotopic (exact) mass is 585 g/mol. The lowest BCUT2D eigenvalue weighted by atomic mass is 9.93. The van der Waals surface area contributed by atoms with Gasteiger partial charge in [-0.15, -0.1) is 0 Å². The quantitative estimate of drug-likeness (QED) is 0.477. The van der Waals surface area contributed by atoms with Crippen molar-refractivity contribution in [2.45, 2.75) is 42.8 Å². The van der Waals surface area contributed by atoms with Gasteiger partial charge in [0, 0.05) is 79.6 Å². The van der Waals surface area contributed by atoms with Crippen molar-refractivity contribution >= 4 is 43.1 Å². The van der Waals surface area contributed by atoms with Crippen LogP contribution >= 0.6 is 11.6 Å². The molecule has 3 rings (SSSR count). The molecule has 8 nitrogen and oxygen atoms in total. The highest BCUT2D eigenvalue weighted by Crippen LogP contribution is 2.38. The molecule has 1 N–H and O–H groups in total. The summed E-state index contributed by atoms with van der Waals surface area (Å²) in [6, 6.07) is 11.2. The first kappa shape index (κ1) is 30.1. The minimum atomic E-state index is -4.05. The molecule has 0 radical (unpaired) electrons. The van der Waals surface area contributed by atoms with Crippen LogP contribution in [0.15, 0.2) is 58.8 Å². The molecule has 1 heterocycles. The van der Waals surface area contributed by atoms with Crippen LogP contribution < -0.4 is 10.2 Å². The molecular formula is C26H33ClFN3O5S2. The van der Waals surface area contributed by atoms with Crippen LogP contribution in [-0.2, 0) is 24.7 Å². The number of carbonyl (C=O) groups is 1. The van der Waals surface area contributed by atoms with E-state index >= 15 is 4.39 Å². The summed E-state index contributed by atoms with van der Waals surface area (Å²) >= 11 is 6.42. The van der Waals surface area contributed by atoms with Gasteiger partial charge in [-0.3, -0.25) is 4.79 Å². The van der Waals surface area contributed by atoms with E-state index in [1.807, 2.05) is 19.0 Å². The molecule has 1 atom stereocenters. The van der Waals surface area contributed by atoms with Crippen LogP contribution in [0.3, 0.4) is 0 Å². The number of carbonyl (C=O) groups excluding carboxylic acids is 1. The minimum absolute atomic E-state index is 0.0453. The summed E-state index contributed by atoms with van der Waals surface area (Å²) in [4.78, 5) is 14.7. The fourth-order valence-corrected chi connectivity index (χ4v) is 6.52. The van der Waals surface area contributed by atoms with E-state index in [1.165, 1.54) is 16.4 Å². The molecule has 1 aliphatic rings. The maximum Gasteiger partial charge on any atom is 0.258 e. The van der Waals surface area contributed by atoms with Crippen molar-refractivity contribution in [2.75, 3.05) is 38.3 Å². The predicted molar refractivity (Wildman–Crippen MR) is 149 cm³/mol.